The molecule has 1 aromatic carbocycles. The molecule has 1 aromatic rings. The van der Waals surface area contributed by atoms with Gasteiger partial charge in [0.25, 0.3) is 5.91 Å². The highest BCUT2D eigenvalue weighted by atomic mass is 35.5. The van der Waals surface area contributed by atoms with Crippen molar-refractivity contribution >= 4 is 23.2 Å². The molecule has 0 bridgehead atoms. The summed E-state index contributed by atoms with van der Waals surface area (Å²) in [5.41, 5.74) is 6.49. The van der Waals surface area contributed by atoms with Crippen LogP contribution in [0.5, 0.6) is 0 Å². The molecule has 1 amide bonds. The average molecular weight is 257 g/mol. The predicted molar refractivity (Wildman–Crippen MR) is 69.1 cm³/mol. The molecule has 0 saturated carbocycles. The van der Waals surface area contributed by atoms with E-state index in [1.165, 1.54) is 0 Å². The Morgan fingerprint density at radius 2 is 2.29 bits per heavy atom. The van der Waals surface area contributed by atoms with Crippen molar-refractivity contribution in [1.29, 1.82) is 0 Å². The first-order valence-corrected chi connectivity index (χ1v) is 5.86. The van der Waals surface area contributed by atoms with E-state index in [2.05, 4.69) is 5.32 Å². The van der Waals surface area contributed by atoms with Gasteiger partial charge in [-0.3, -0.25) is 4.79 Å². The lowest BCUT2D eigenvalue weighted by atomic mass is 10.1. The third-order valence-electron chi connectivity index (χ3n) is 2.47. The molecule has 1 rings (SSSR count). The lowest BCUT2D eigenvalue weighted by Crippen LogP contribution is -2.28. The molecule has 4 N–H and O–H groups in total. The summed E-state index contributed by atoms with van der Waals surface area (Å²) in [5, 5.41) is 11.9. The van der Waals surface area contributed by atoms with Gasteiger partial charge in [0.2, 0.25) is 0 Å². The van der Waals surface area contributed by atoms with E-state index in [9.17, 15) is 4.79 Å². The van der Waals surface area contributed by atoms with Crippen LogP contribution in [0, 0.1) is 5.92 Å². The minimum atomic E-state index is -0.222. The number of rotatable bonds is 5. The number of benzene rings is 1. The Labute approximate surface area is 106 Å². The predicted octanol–water partition coefficient (Wildman–Crippen LogP) is 1.67. The molecule has 0 aromatic heterocycles. The summed E-state index contributed by atoms with van der Waals surface area (Å²) in [7, 11) is 0. The van der Waals surface area contributed by atoms with Crippen LogP contribution in [-0.4, -0.2) is 24.2 Å². The number of nitrogens with two attached hydrogens (primary N) is 1. The number of hydrogen-bond donors (Lipinski definition) is 3. The van der Waals surface area contributed by atoms with Crippen LogP contribution in [0.2, 0.25) is 5.02 Å². The molecular weight excluding hydrogens is 240 g/mol. The van der Waals surface area contributed by atoms with Crippen LogP contribution in [0.3, 0.4) is 0 Å². The van der Waals surface area contributed by atoms with E-state index in [0.29, 0.717) is 29.2 Å². The molecule has 0 fully saturated rings. The van der Waals surface area contributed by atoms with Gasteiger partial charge in [-0.05, 0) is 30.5 Å². The number of halogens is 1. The van der Waals surface area contributed by atoms with Crippen molar-refractivity contribution in [2.75, 3.05) is 18.9 Å². The Balaban J connectivity index is 2.58. The van der Waals surface area contributed by atoms with Gasteiger partial charge in [-0.2, -0.15) is 0 Å². The Hall–Kier alpha value is -1.26. The average Bonchev–Trinajstić information content (AvgIpc) is 2.26. The second-order valence-electron chi connectivity index (χ2n) is 4.07. The Kier molecular flexibility index (Phi) is 5.25. The highest BCUT2D eigenvalue weighted by molar-refractivity contribution is 6.34. The number of nitrogen functional groups attached to an aromatic ring is 1. The molecule has 4 nitrogen and oxygen atoms in total. The number of nitrogens with one attached hydrogen (secondary N) is 1. The van der Waals surface area contributed by atoms with Crippen LogP contribution >= 0.6 is 11.6 Å². The van der Waals surface area contributed by atoms with E-state index in [4.69, 9.17) is 22.4 Å². The number of anilines is 1. The normalized spacial score (nSPS) is 12.2. The summed E-state index contributed by atoms with van der Waals surface area (Å²) >= 11 is 5.92. The first kappa shape index (κ1) is 13.8. The largest absolute Gasteiger partial charge is 0.399 e. The van der Waals surface area contributed by atoms with E-state index >= 15 is 0 Å². The Bertz CT molecular complexity index is 396. The fourth-order valence-corrected chi connectivity index (χ4v) is 1.67. The molecule has 1 unspecified atom stereocenters. The van der Waals surface area contributed by atoms with Crippen LogP contribution in [0.25, 0.3) is 0 Å². The second-order valence-corrected chi connectivity index (χ2v) is 4.47. The minimum Gasteiger partial charge on any atom is -0.399 e. The van der Waals surface area contributed by atoms with Crippen LogP contribution in [0.15, 0.2) is 18.2 Å². The molecule has 0 heterocycles. The summed E-state index contributed by atoms with van der Waals surface area (Å²) in [6.45, 7) is 2.60. The molecule has 94 valence electrons. The molecule has 0 spiro atoms. The number of aliphatic hydroxyl groups excluding tert-OH is 1. The molecule has 1 atom stereocenters. The number of amides is 1. The van der Waals surface area contributed by atoms with Gasteiger partial charge < -0.3 is 16.2 Å². The quantitative estimate of drug-likeness (QED) is 0.702. The van der Waals surface area contributed by atoms with Gasteiger partial charge in [0.05, 0.1) is 10.6 Å². The molecular formula is C12H17ClN2O2. The third-order valence-corrected chi connectivity index (χ3v) is 2.78. The molecule has 5 heteroatoms. The van der Waals surface area contributed by atoms with Gasteiger partial charge in [-0.1, -0.05) is 18.5 Å². The maximum absolute atomic E-state index is 11.8. The van der Waals surface area contributed by atoms with E-state index in [-0.39, 0.29) is 18.4 Å². The van der Waals surface area contributed by atoms with Crippen LogP contribution in [-0.2, 0) is 0 Å². The zero-order chi connectivity index (χ0) is 12.8. The molecule has 0 aliphatic carbocycles. The maximum atomic E-state index is 11.8. The fourth-order valence-electron chi connectivity index (χ4n) is 1.40. The van der Waals surface area contributed by atoms with Gasteiger partial charge >= 0.3 is 0 Å². The monoisotopic (exact) mass is 256 g/mol. The first-order chi connectivity index (χ1) is 8.04. The van der Waals surface area contributed by atoms with E-state index in [1.807, 2.05) is 6.92 Å². The van der Waals surface area contributed by atoms with Crippen LogP contribution < -0.4 is 11.1 Å². The fraction of sp³-hybridized carbons (Fsp3) is 0.417. The first-order valence-electron chi connectivity index (χ1n) is 5.48. The van der Waals surface area contributed by atoms with Crippen molar-refractivity contribution in [2.24, 2.45) is 5.92 Å². The number of carbonyl (C=O) groups is 1. The molecule has 0 aliphatic heterocycles. The van der Waals surface area contributed by atoms with Crippen molar-refractivity contribution in [2.45, 2.75) is 13.3 Å². The van der Waals surface area contributed by atoms with Crippen molar-refractivity contribution in [3.05, 3.63) is 28.8 Å². The summed E-state index contributed by atoms with van der Waals surface area (Å²) in [6, 6.07) is 4.79. The minimum absolute atomic E-state index is 0.125. The molecule has 0 saturated heterocycles. The topological polar surface area (TPSA) is 75.3 Å². The van der Waals surface area contributed by atoms with E-state index < -0.39 is 0 Å². The number of carbonyl (C=O) groups excluding carboxylic acids is 1. The van der Waals surface area contributed by atoms with Crippen molar-refractivity contribution in [3.8, 4) is 0 Å². The SMILES string of the molecule is CC(CCO)CNC(=O)c1ccc(N)cc1Cl. The Morgan fingerprint density at radius 1 is 1.59 bits per heavy atom. The smallest absolute Gasteiger partial charge is 0.252 e. The van der Waals surface area contributed by atoms with Crippen LogP contribution in [0.4, 0.5) is 5.69 Å². The highest BCUT2D eigenvalue weighted by Crippen LogP contribution is 2.18. The summed E-state index contributed by atoms with van der Waals surface area (Å²) in [4.78, 5) is 11.8. The molecule has 17 heavy (non-hydrogen) atoms. The van der Waals surface area contributed by atoms with E-state index in [1.54, 1.807) is 18.2 Å². The summed E-state index contributed by atoms with van der Waals surface area (Å²) in [6.07, 6.45) is 0.662. The standard InChI is InChI=1S/C12H17ClN2O2/c1-8(4-5-16)7-15-12(17)10-3-2-9(14)6-11(10)13/h2-3,6,8,16H,4-5,7,14H2,1H3,(H,15,17). The maximum Gasteiger partial charge on any atom is 0.252 e. The Morgan fingerprint density at radius 3 is 2.88 bits per heavy atom. The van der Waals surface area contributed by atoms with Crippen molar-refractivity contribution < 1.29 is 9.90 Å². The van der Waals surface area contributed by atoms with E-state index in [0.717, 1.165) is 0 Å². The van der Waals surface area contributed by atoms with Gasteiger partial charge in [-0.25, -0.2) is 0 Å². The van der Waals surface area contributed by atoms with Crippen molar-refractivity contribution in [3.63, 3.8) is 0 Å². The number of hydrogen-bond acceptors (Lipinski definition) is 3. The zero-order valence-electron chi connectivity index (χ0n) is 9.74. The highest BCUT2D eigenvalue weighted by Gasteiger charge is 2.11. The van der Waals surface area contributed by atoms with Gasteiger partial charge in [0.1, 0.15) is 0 Å². The zero-order valence-corrected chi connectivity index (χ0v) is 10.5. The second kappa shape index (κ2) is 6.47. The summed E-state index contributed by atoms with van der Waals surface area (Å²) in [5.74, 6) is 0.0105. The van der Waals surface area contributed by atoms with Gasteiger partial charge in [-0.15, -0.1) is 0 Å². The number of aliphatic hydroxyl groups is 1. The molecule has 0 aliphatic rings. The van der Waals surface area contributed by atoms with Crippen LogP contribution in [0.1, 0.15) is 23.7 Å². The van der Waals surface area contributed by atoms with Crippen molar-refractivity contribution in [1.82, 2.24) is 5.32 Å². The van der Waals surface area contributed by atoms with Gasteiger partial charge in [0.15, 0.2) is 0 Å². The van der Waals surface area contributed by atoms with Gasteiger partial charge in [0, 0.05) is 18.8 Å². The third kappa shape index (κ3) is 4.24. The summed E-state index contributed by atoms with van der Waals surface area (Å²) < 4.78 is 0. The molecule has 0 radical (unpaired) electrons. The lowest BCUT2D eigenvalue weighted by Gasteiger charge is -2.12. The lowest BCUT2D eigenvalue weighted by molar-refractivity contribution is 0.0945.